The standard InChI is InChI=1S/C10H11N5O2S/c16-8(17)5-7-13-10-12-2-1-6(15(10)14-7)9-11-3-4-18-9/h3-4,6H,1-2,5H2,(H,16,17)(H,12,13,14). The van der Waals surface area contributed by atoms with Crippen molar-refractivity contribution < 1.29 is 9.90 Å². The first-order valence-corrected chi connectivity index (χ1v) is 6.42. The Morgan fingerprint density at radius 1 is 1.67 bits per heavy atom. The van der Waals surface area contributed by atoms with Gasteiger partial charge in [-0.15, -0.1) is 11.3 Å². The van der Waals surface area contributed by atoms with Crippen molar-refractivity contribution in [3.05, 3.63) is 22.4 Å². The van der Waals surface area contributed by atoms with E-state index in [-0.39, 0.29) is 12.5 Å². The Hall–Kier alpha value is -1.96. The molecule has 3 rings (SSSR count). The van der Waals surface area contributed by atoms with Crippen molar-refractivity contribution in [1.29, 1.82) is 0 Å². The van der Waals surface area contributed by atoms with Crippen molar-refractivity contribution in [1.82, 2.24) is 19.7 Å². The molecule has 2 N–H and O–H groups in total. The summed E-state index contributed by atoms with van der Waals surface area (Å²) in [4.78, 5) is 19.2. The fourth-order valence-electron chi connectivity index (χ4n) is 1.99. The number of hydrogen-bond donors (Lipinski definition) is 2. The number of rotatable bonds is 3. The third-order valence-corrected chi connectivity index (χ3v) is 3.59. The summed E-state index contributed by atoms with van der Waals surface area (Å²) >= 11 is 1.57. The SMILES string of the molecule is O=C(O)Cc1nc2n(n1)C(c1nccs1)CCN2. The van der Waals surface area contributed by atoms with Crippen LogP contribution in [0.25, 0.3) is 0 Å². The van der Waals surface area contributed by atoms with Crippen LogP contribution in [0.1, 0.15) is 23.3 Å². The molecule has 0 saturated heterocycles. The molecule has 0 amide bonds. The van der Waals surface area contributed by atoms with Gasteiger partial charge in [0, 0.05) is 18.1 Å². The maximum absolute atomic E-state index is 10.7. The van der Waals surface area contributed by atoms with Crippen molar-refractivity contribution in [2.24, 2.45) is 0 Å². The third-order valence-electron chi connectivity index (χ3n) is 2.72. The monoisotopic (exact) mass is 265 g/mol. The van der Waals surface area contributed by atoms with Crippen molar-refractivity contribution in [2.75, 3.05) is 11.9 Å². The lowest BCUT2D eigenvalue weighted by Gasteiger charge is -2.22. The second kappa shape index (κ2) is 4.37. The number of fused-ring (bicyclic) bond motifs is 1. The Balaban J connectivity index is 1.95. The molecule has 0 saturated carbocycles. The molecule has 18 heavy (non-hydrogen) atoms. The molecular weight excluding hydrogens is 254 g/mol. The summed E-state index contributed by atoms with van der Waals surface area (Å²) in [6.07, 6.45) is 2.47. The van der Waals surface area contributed by atoms with E-state index in [2.05, 4.69) is 20.4 Å². The minimum Gasteiger partial charge on any atom is -0.481 e. The predicted molar refractivity (Wildman–Crippen MR) is 64.7 cm³/mol. The number of aromatic nitrogens is 4. The minimum absolute atomic E-state index is 0.0521. The van der Waals surface area contributed by atoms with Gasteiger partial charge in [0.05, 0.1) is 0 Å². The van der Waals surface area contributed by atoms with Gasteiger partial charge >= 0.3 is 5.97 Å². The largest absolute Gasteiger partial charge is 0.481 e. The number of hydrogen-bond acceptors (Lipinski definition) is 6. The predicted octanol–water partition coefficient (Wildman–Crippen LogP) is 0.767. The molecule has 1 unspecified atom stereocenters. The molecule has 1 aliphatic rings. The van der Waals surface area contributed by atoms with Crippen LogP contribution in [0.2, 0.25) is 0 Å². The molecule has 0 radical (unpaired) electrons. The van der Waals surface area contributed by atoms with Gasteiger partial charge < -0.3 is 10.4 Å². The van der Waals surface area contributed by atoms with E-state index in [1.54, 1.807) is 22.2 Å². The van der Waals surface area contributed by atoms with Crippen molar-refractivity contribution in [3.8, 4) is 0 Å². The molecule has 3 heterocycles. The van der Waals surface area contributed by atoms with Crippen LogP contribution in [0.15, 0.2) is 11.6 Å². The smallest absolute Gasteiger partial charge is 0.311 e. The number of nitrogens with zero attached hydrogens (tertiary/aromatic N) is 4. The Morgan fingerprint density at radius 2 is 2.56 bits per heavy atom. The molecule has 0 aromatic carbocycles. The van der Waals surface area contributed by atoms with E-state index in [4.69, 9.17) is 5.11 Å². The van der Waals surface area contributed by atoms with Gasteiger partial charge in [-0.3, -0.25) is 4.79 Å². The third kappa shape index (κ3) is 1.94. The van der Waals surface area contributed by atoms with Crippen molar-refractivity contribution in [2.45, 2.75) is 18.9 Å². The van der Waals surface area contributed by atoms with Crippen LogP contribution in [0.5, 0.6) is 0 Å². The average Bonchev–Trinajstić information content (AvgIpc) is 2.94. The number of thiazole rings is 1. The molecule has 0 aliphatic carbocycles. The molecule has 7 nitrogen and oxygen atoms in total. The number of carbonyl (C=O) groups is 1. The maximum Gasteiger partial charge on any atom is 0.311 e. The quantitative estimate of drug-likeness (QED) is 0.851. The second-order valence-corrected chi connectivity index (χ2v) is 4.89. The topological polar surface area (TPSA) is 92.9 Å². The lowest BCUT2D eigenvalue weighted by Crippen LogP contribution is -2.24. The number of carboxylic acids is 1. The molecule has 0 bridgehead atoms. The first kappa shape index (κ1) is 11.1. The number of nitrogens with one attached hydrogen (secondary N) is 1. The second-order valence-electron chi connectivity index (χ2n) is 3.97. The van der Waals surface area contributed by atoms with E-state index in [0.717, 1.165) is 18.0 Å². The summed E-state index contributed by atoms with van der Waals surface area (Å²) in [6.45, 7) is 0.787. The summed E-state index contributed by atoms with van der Waals surface area (Å²) in [5, 5.41) is 19.0. The molecule has 2 aromatic rings. The highest BCUT2D eigenvalue weighted by molar-refractivity contribution is 7.09. The Labute approximate surface area is 106 Å². The Kier molecular flexibility index (Phi) is 2.71. The van der Waals surface area contributed by atoms with Crippen LogP contribution in [-0.4, -0.2) is 37.4 Å². The summed E-state index contributed by atoms with van der Waals surface area (Å²) in [5.74, 6) is 0.0231. The maximum atomic E-state index is 10.7. The van der Waals surface area contributed by atoms with E-state index in [0.29, 0.717) is 11.8 Å². The van der Waals surface area contributed by atoms with Crippen LogP contribution in [-0.2, 0) is 11.2 Å². The fraction of sp³-hybridized carbons (Fsp3) is 0.400. The fourth-order valence-corrected chi connectivity index (χ4v) is 2.74. The summed E-state index contributed by atoms with van der Waals surface area (Å²) in [6, 6.07) is 0.0521. The lowest BCUT2D eigenvalue weighted by molar-refractivity contribution is -0.136. The van der Waals surface area contributed by atoms with Crippen LogP contribution in [0.3, 0.4) is 0 Å². The van der Waals surface area contributed by atoms with E-state index < -0.39 is 5.97 Å². The normalized spacial score (nSPS) is 18.1. The first-order chi connectivity index (χ1) is 8.74. The van der Waals surface area contributed by atoms with E-state index in [1.165, 1.54) is 0 Å². The Morgan fingerprint density at radius 3 is 3.28 bits per heavy atom. The van der Waals surface area contributed by atoms with Crippen LogP contribution in [0, 0.1) is 0 Å². The van der Waals surface area contributed by atoms with Crippen LogP contribution >= 0.6 is 11.3 Å². The van der Waals surface area contributed by atoms with Gasteiger partial charge in [0.2, 0.25) is 5.95 Å². The number of aliphatic carboxylic acids is 1. The van der Waals surface area contributed by atoms with Crippen molar-refractivity contribution >= 4 is 23.3 Å². The van der Waals surface area contributed by atoms with Crippen LogP contribution < -0.4 is 5.32 Å². The van der Waals surface area contributed by atoms with Gasteiger partial charge in [0.25, 0.3) is 0 Å². The summed E-state index contributed by atoms with van der Waals surface area (Å²) in [5.41, 5.74) is 0. The Bertz CT molecular complexity index is 565. The van der Waals surface area contributed by atoms with E-state index in [9.17, 15) is 4.79 Å². The first-order valence-electron chi connectivity index (χ1n) is 5.54. The molecule has 94 valence electrons. The molecule has 0 spiro atoms. The van der Waals surface area contributed by atoms with Gasteiger partial charge in [0.1, 0.15) is 17.5 Å². The van der Waals surface area contributed by atoms with Crippen LogP contribution in [0.4, 0.5) is 5.95 Å². The van der Waals surface area contributed by atoms with Crippen molar-refractivity contribution in [3.63, 3.8) is 0 Å². The molecule has 0 fully saturated rings. The van der Waals surface area contributed by atoms with Gasteiger partial charge in [-0.2, -0.15) is 10.1 Å². The highest BCUT2D eigenvalue weighted by Gasteiger charge is 2.26. The highest BCUT2D eigenvalue weighted by Crippen LogP contribution is 2.29. The summed E-state index contributed by atoms with van der Waals surface area (Å²) in [7, 11) is 0. The highest BCUT2D eigenvalue weighted by atomic mass is 32.1. The zero-order valence-corrected chi connectivity index (χ0v) is 10.2. The zero-order chi connectivity index (χ0) is 12.5. The molecule has 8 heteroatoms. The number of anilines is 1. The van der Waals surface area contributed by atoms with Gasteiger partial charge in [-0.05, 0) is 6.42 Å². The molecule has 1 aliphatic heterocycles. The summed E-state index contributed by atoms with van der Waals surface area (Å²) < 4.78 is 1.74. The molecule has 2 aromatic heterocycles. The average molecular weight is 265 g/mol. The molecular formula is C10H11N5O2S. The molecule has 1 atom stereocenters. The van der Waals surface area contributed by atoms with Gasteiger partial charge in [-0.1, -0.05) is 0 Å². The lowest BCUT2D eigenvalue weighted by atomic mass is 10.2. The van der Waals surface area contributed by atoms with Gasteiger partial charge in [0.15, 0.2) is 5.82 Å². The minimum atomic E-state index is -0.927. The van der Waals surface area contributed by atoms with E-state index in [1.807, 2.05) is 5.38 Å². The zero-order valence-electron chi connectivity index (χ0n) is 9.41. The van der Waals surface area contributed by atoms with E-state index >= 15 is 0 Å². The number of carboxylic acid groups (broad SMARTS) is 1. The van der Waals surface area contributed by atoms with Gasteiger partial charge in [-0.25, -0.2) is 9.67 Å².